The molecule has 0 fully saturated rings. The Hall–Kier alpha value is -1.95. The number of aryl methyl sites for hydroxylation is 1. The zero-order valence-corrected chi connectivity index (χ0v) is 9.84. The largest absolute Gasteiger partial charge is 0.397 e. The first-order chi connectivity index (χ1) is 8.06. The molecule has 1 aromatic carbocycles. The van der Waals surface area contributed by atoms with Gasteiger partial charge in [-0.05, 0) is 25.1 Å². The van der Waals surface area contributed by atoms with Crippen molar-refractivity contribution in [3.8, 4) is 0 Å². The second kappa shape index (κ2) is 4.50. The van der Waals surface area contributed by atoms with Crippen LogP contribution in [0.2, 0.25) is 0 Å². The van der Waals surface area contributed by atoms with Gasteiger partial charge in [0, 0.05) is 0 Å². The number of nitrogens with two attached hydrogens (primary N) is 1. The molecule has 3 N–H and O–H groups in total. The highest BCUT2D eigenvalue weighted by atomic mass is 32.1. The monoisotopic (exact) mass is 251 g/mol. The van der Waals surface area contributed by atoms with E-state index in [4.69, 9.17) is 5.73 Å². The van der Waals surface area contributed by atoms with Crippen molar-refractivity contribution >= 4 is 28.6 Å². The normalized spacial score (nSPS) is 10.2. The fourth-order valence-corrected chi connectivity index (χ4v) is 1.97. The van der Waals surface area contributed by atoms with E-state index in [1.807, 2.05) is 6.92 Å². The number of anilines is 2. The summed E-state index contributed by atoms with van der Waals surface area (Å²) in [6.45, 7) is 1.81. The predicted molar refractivity (Wildman–Crippen MR) is 65.6 cm³/mol. The minimum atomic E-state index is -0.436. The molecule has 0 unspecified atom stereocenters. The van der Waals surface area contributed by atoms with Crippen molar-refractivity contribution in [1.29, 1.82) is 0 Å². The SMILES string of the molecule is Cc1ncc(C(=O)Nc2ccc(F)cc2N)s1. The summed E-state index contributed by atoms with van der Waals surface area (Å²) in [6.07, 6.45) is 1.50. The molecule has 6 heteroatoms. The molecule has 0 bridgehead atoms. The number of nitrogen functional groups attached to an aromatic ring is 1. The smallest absolute Gasteiger partial charge is 0.267 e. The Morgan fingerprint density at radius 2 is 2.29 bits per heavy atom. The van der Waals surface area contributed by atoms with Crippen LogP contribution in [0, 0.1) is 12.7 Å². The van der Waals surface area contributed by atoms with Crippen molar-refractivity contribution in [2.75, 3.05) is 11.1 Å². The lowest BCUT2D eigenvalue weighted by molar-refractivity contribution is 0.103. The second-order valence-corrected chi connectivity index (χ2v) is 4.66. The highest BCUT2D eigenvalue weighted by Gasteiger charge is 2.11. The molecule has 17 heavy (non-hydrogen) atoms. The molecular weight excluding hydrogens is 241 g/mol. The van der Waals surface area contributed by atoms with Gasteiger partial charge in [0.1, 0.15) is 10.7 Å². The summed E-state index contributed by atoms with van der Waals surface area (Å²) in [6, 6.07) is 3.83. The molecule has 2 aromatic rings. The molecule has 0 atom stereocenters. The third kappa shape index (κ3) is 2.59. The number of benzene rings is 1. The number of amides is 1. The van der Waals surface area contributed by atoms with Crippen molar-refractivity contribution in [2.24, 2.45) is 0 Å². The Morgan fingerprint density at radius 3 is 2.88 bits per heavy atom. The Morgan fingerprint density at radius 1 is 1.53 bits per heavy atom. The van der Waals surface area contributed by atoms with Crippen LogP contribution < -0.4 is 11.1 Å². The van der Waals surface area contributed by atoms with Gasteiger partial charge in [-0.15, -0.1) is 11.3 Å². The van der Waals surface area contributed by atoms with E-state index >= 15 is 0 Å². The minimum Gasteiger partial charge on any atom is -0.397 e. The zero-order valence-electron chi connectivity index (χ0n) is 9.03. The van der Waals surface area contributed by atoms with Crippen LogP contribution in [0.5, 0.6) is 0 Å². The van der Waals surface area contributed by atoms with Gasteiger partial charge in [0.2, 0.25) is 0 Å². The molecule has 0 radical (unpaired) electrons. The van der Waals surface area contributed by atoms with E-state index in [1.54, 1.807) is 0 Å². The van der Waals surface area contributed by atoms with Crippen molar-refractivity contribution in [2.45, 2.75) is 6.92 Å². The Bertz CT molecular complexity index is 568. The van der Waals surface area contributed by atoms with Crippen molar-refractivity contribution in [1.82, 2.24) is 4.98 Å². The van der Waals surface area contributed by atoms with Gasteiger partial charge in [-0.1, -0.05) is 0 Å². The summed E-state index contributed by atoms with van der Waals surface area (Å²) >= 11 is 1.29. The molecular formula is C11H10FN3OS. The first kappa shape index (κ1) is 11.5. The van der Waals surface area contributed by atoms with Gasteiger partial charge < -0.3 is 11.1 Å². The fraction of sp³-hybridized carbons (Fsp3) is 0.0909. The van der Waals surface area contributed by atoms with Crippen LogP contribution >= 0.6 is 11.3 Å². The van der Waals surface area contributed by atoms with Gasteiger partial charge in [-0.3, -0.25) is 4.79 Å². The molecule has 0 saturated heterocycles. The van der Waals surface area contributed by atoms with Crippen LogP contribution in [0.15, 0.2) is 24.4 Å². The fourth-order valence-electron chi connectivity index (χ4n) is 1.30. The highest BCUT2D eigenvalue weighted by Crippen LogP contribution is 2.21. The van der Waals surface area contributed by atoms with Gasteiger partial charge in [0.25, 0.3) is 5.91 Å². The van der Waals surface area contributed by atoms with Gasteiger partial charge in [-0.2, -0.15) is 0 Å². The molecule has 1 amide bonds. The van der Waals surface area contributed by atoms with E-state index < -0.39 is 5.82 Å². The van der Waals surface area contributed by atoms with Gasteiger partial charge in [-0.25, -0.2) is 9.37 Å². The maximum Gasteiger partial charge on any atom is 0.267 e. The second-order valence-electron chi connectivity index (χ2n) is 3.43. The quantitative estimate of drug-likeness (QED) is 0.805. The number of halogens is 1. The summed E-state index contributed by atoms with van der Waals surface area (Å²) in [5.41, 5.74) is 6.17. The maximum absolute atomic E-state index is 12.8. The molecule has 0 spiro atoms. The Kier molecular flexibility index (Phi) is 3.06. The molecule has 4 nitrogen and oxygen atoms in total. The third-order valence-corrected chi connectivity index (χ3v) is 3.02. The lowest BCUT2D eigenvalue weighted by Crippen LogP contribution is -2.11. The van der Waals surface area contributed by atoms with E-state index in [-0.39, 0.29) is 11.6 Å². The summed E-state index contributed by atoms with van der Waals surface area (Å²) in [7, 11) is 0. The van der Waals surface area contributed by atoms with Crippen molar-refractivity contribution in [3.63, 3.8) is 0 Å². The maximum atomic E-state index is 12.8. The highest BCUT2D eigenvalue weighted by molar-refractivity contribution is 7.13. The predicted octanol–water partition coefficient (Wildman–Crippen LogP) is 2.43. The summed E-state index contributed by atoms with van der Waals surface area (Å²) in [5.74, 6) is -0.733. The van der Waals surface area contributed by atoms with Gasteiger partial charge >= 0.3 is 0 Å². The van der Waals surface area contributed by atoms with E-state index in [2.05, 4.69) is 10.3 Å². The molecule has 88 valence electrons. The molecule has 1 aromatic heterocycles. The number of rotatable bonds is 2. The first-order valence-electron chi connectivity index (χ1n) is 4.85. The molecule has 1 heterocycles. The summed E-state index contributed by atoms with van der Waals surface area (Å²) in [5, 5.41) is 3.41. The molecule has 2 rings (SSSR count). The van der Waals surface area contributed by atoms with Crippen LogP contribution in [-0.4, -0.2) is 10.9 Å². The lowest BCUT2D eigenvalue weighted by Gasteiger charge is -2.06. The van der Waals surface area contributed by atoms with Crippen LogP contribution in [0.4, 0.5) is 15.8 Å². The van der Waals surface area contributed by atoms with E-state index in [9.17, 15) is 9.18 Å². The number of nitrogens with one attached hydrogen (secondary N) is 1. The number of hydrogen-bond acceptors (Lipinski definition) is 4. The van der Waals surface area contributed by atoms with Gasteiger partial charge in [0.15, 0.2) is 0 Å². The van der Waals surface area contributed by atoms with E-state index in [1.165, 1.54) is 29.7 Å². The first-order valence-corrected chi connectivity index (χ1v) is 5.67. The van der Waals surface area contributed by atoms with Crippen molar-refractivity contribution < 1.29 is 9.18 Å². The lowest BCUT2D eigenvalue weighted by atomic mass is 10.2. The minimum absolute atomic E-state index is 0.194. The number of hydrogen-bond donors (Lipinski definition) is 2. The standard InChI is InChI=1S/C11H10FN3OS/c1-6-14-5-10(17-6)11(16)15-9-3-2-7(12)4-8(9)13/h2-5H,13H2,1H3,(H,15,16). The molecule has 0 aliphatic rings. The molecule has 0 aliphatic carbocycles. The van der Waals surface area contributed by atoms with Gasteiger partial charge in [0.05, 0.1) is 22.6 Å². The van der Waals surface area contributed by atoms with E-state index in [0.29, 0.717) is 10.6 Å². The Balaban J connectivity index is 2.18. The number of carbonyl (C=O) groups is 1. The van der Waals surface area contributed by atoms with Crippen LogP contribution in [0.25, 0.3) is 0 Å². The van der Waals surface area contributed by atoms with E-state index in [0.717, 1.165) is 11.1 Å². The molecule has 0 aliphatic heterocycles. The van der Waals surface area contributed by atoms with Crippen LogP contribution in [-0.2, 0) is 0 Å². The number of carbonyl (C=O) groups excluding carboxylic acids is 1. The summed E-state index contributed by atoms with van der Waals surface area (Å²) < 4.78 is 12.8. The number of aromatic nitrogens is 1. The number of thiazole rings is 1. The molecule has 0 saturated carbocycles. The topological polar surface area (TPSA) is 68.0 Å². The Labute approximate surface area is 101 Å². The zero-order chi connectivity index (χ0) is 12.4. The average Bonchev–Trinajstić information content (AvgIpc) is 2.69. The van der Waals surface area contributed by atoms with Crippen LogP contribution in [0.3, 0.4) is 0 Å². The third-order valence-electron chi connectivity index (χ3n) is 2.11. The summed E-state index contributed by atoms with van der Waals surface area (Å²) in [4.78, 5) is 16.2. The van der Waals surface area contributed by atoms with Crippen LogP contribution in [0.1, 0.15) is 14.7 Å². The van der Waals surface area contributed by atoms with Crippen molar-refractivity contribution in [3.05, 3.63) is 40.1 Å². The number of nitrogens with zero attached hydrogens (tertiary/aromatic N) is 1. The average molecular weight is 251 g/mol.